The molecule has 104 valence electrons. The highest BCUT2D eigenvalue weighted by atomic mass is 32.1. The van der Waals surface area contributed by atoms with Crippen molar-refractivity contribution in [3.05, 3.63) is 35.5 Å². The molecule has 2 heterocycles. The first kappa shape index (κ1) is 13.0. The quantitative estimate of drug-likeness (QED) is 0.735. The minimum absolute atomic E-state index is 0.822. The molecule has 2 aromatic heterocycles. The normalized spacial score (nSPS) is 10.9. The third-order valence-corrected chi connectivity index (χ3v) is 4.52. The van der Waals surface area contributed by atoms with Crippen LogP contribution in [0.25, 0.3) is 16.2 Å². The van der Waals surface area contributed by atoms with Gasteiger partial charge in [0.25, 0.3) is 0 Å². The number of ether oxygens (including phenoxy) is 2. The van der Waals surface area contributed by atoms with Crippen molar-refractivity contribution in [1.82, 2.24) is 9.38 Å². The first-order valence-electron chi connectivity index (χ1n) is 6.45. The molecule has 0 saturated heterocycles. The second kappa shape index (κ2) is 5.17. The fraction of sp³-hybridized carbons (Fsp3) is 0.267. The second-order valence-electron chi connectivity index (χ2n) is 4.37. The molecule has 3 rings (SSSR count). The van der Waals surface area contributed by atoms with Gasteiger partial charge in [0.15, 0.2) is 4.96 Å². The Bertz CT molecular complexity index is 745. The summed E-state index contributed by atoms with van der Waals surface area (Å²) in [5.41, 5.74) is 2.17. The predicted molar refractivity (Wildman–Crippen MR) is 81.0 cm³/mol. The molecule has 0 aliphatic carbocycles. The molecule has 0 unspecified atom stereocenters. The van der Waals surface area contributed by atoms with Crippen LogP contribution in [0.2, 0.25) is 0 Å². The fourth-order valence-corrected chi connectivity index (χ4v) is 3.38. The van der Waals surface area contributed by atoms with Gasteiger partial charge in [-0.25, -0.2) is 4.98 Å². The van der Waals surface area contributed by atoms with Gasteiger partial charge in [-0.2, -0.15) is 0 Å². The van der Waals surface area contributed by atoms with Gasteiger partial charge < -0.3 is 9.47 Å². The average molecular weight is 288 g/mol. The highest BCUT2D eigenvalue weighted by molar-refractivity contribution is 7.17. The lowest BCUT2D eigenvalue weighted by Gasteiger charge is -2.11. The van der Waals surface area contributed by atoms with Crippen molar-refractivity contribution in [2.24, 2.45) is 0 Å². The van der Waals surface area contributed by atoms with Crippen LogP contribution in [0.3, 0.4) is 0 Å². The molecule has 0 bridgehead atoms. The van der Waals surface area contributed by atoms with E-state index in [-0.39, 0.29) is 0 Å². The Hall–Kier alpha value is -2.01. The molecular formula is C15H16N2O2S. The second-order valence-corrected chi connectivity index (χ2v) is 5.44. The van der Waals surface area contributed by atoms with Gasteiger partial charge in [-0.05, 0) is 24.6 Å². The van der Waals surface area contributed by atoms with Crippen LogP contribution < -0.4 is 9.47 Å². The Morgan fingerprint density at radius 1 is 1.25 bits per heavy atom. The highest BCUT2D eigenvalue weighted by Crippen LogP contribution is 2.38. The number of rotatable bonds is 4. The van der Waals surface area contributed by atoms with E-state index in [2.05, 4.69) is 16.3 Å². The lowest BCUT2D eigenvalue weighted by atomic mass is 10.1. The Balaban J connectivity index is 2.30. The summed E-state index contributed by atoms with van der Waals surface area (Å²) in [4.78, 5) is 6.67. The van der Waals surface area contributed by atoms with Crippen molar-refractivity contribution in [2.45, 2.75) is 13.3 Å². The van der Waals surface area contributed by atoms with Gasteiger partial charge in [0.1, 0.15) is 11.5 Å². The zero-order valence-corrected chi connectivity index (χ0v) is 12.5. The van der Waals surface area contributed by atoms with E-state index in [1.54, 1.807) is 25.6 Å². The largest absolute Gasteiger partial charge is 0.497 e. The van der Waals surface area contributed by atoms with Crippen LogP contribution in [0.4, 0.5) is 0 Å². The Kier molecular flexibility index (Phi) is 3.36. The summed E-state index contributed by atoms with van der Waals surface area (Å²) in [6.45, 7) is 2.15. The molecule has 0 spiro atoms. The van der Waals surface area contributed by atoms with Gasteiger partial charge >= 0.3 is 0 Å². The Labute approximate surface area is 121 Å². The Morgan fingerprint density at radius 2 is 2.10 bits per heavy atom. The summed E-state index contributed by atoms with van der Waals surface area (Å²) in [5, 5.41) is 0. The van der Waals surface area contributed by atoms with Crippen molar-refractivity contribution < 1.29 is 9.47 Å². The molecule has 4 nitrogen and oxygen atoms in total. The lowest BCUT2D eigenvalue weighted by Crippen LogP contribution is -1.94. The smallest absolute Gasteiger partial charge is 0.194 e. The maximum Gasteiger partial charge on any atom is 0.194 e. The van der Waals surface area contributed by atoms with Crippen LogP contribution in [-0.4, -0.2) is 23.6 Å². The number of thiazole rings is 1. The van der Waals surface area contributed by atoms with E-state index in [0.29, 0.717) is 0 Å². The van der Waals surface area contributed by atoms with Crippen LogP contribution in [-0.2, 0) is 6.42 Å². The van der Waals surface area contributed by atoms with E-state index in [1.807, 2.05) is 30.6 Å². The van der Waals surface area contributed by atoms with Gasteiger partial charge in [0.05, 0.1) is 19.9 Å². The molecule has 0 aliphatic rings. The van der Waals surface area contributed by atoms with E-state index < -0.39 is 0 Å². The molecule has 1 aromatic carbocycles. The van der Waals surface area contributed by atoms with E-state index in [4.69, 9.17) is 9.47 Å². The topological polar surface area (TPSA) is 35.8 Å². The van der Waals surface area contributed by atoms with Crippen LogP contribution in [0.1, 0.15) is 11.8 Å². The van der Waals surface area contributed by atoms with Gasteiger partial charge in [-0.15, -0.1) is 11.3 Å². The Morgan fingerprint density at radius 3 is 2.80 bits per heavy atom. The maximum atomic E-state index is 5.51. The van der Waals surface area contributed by atoms with Crippen LogP contribution in [0.15, 0.2) is 30.6 Å². The van der Waals surface area contributed by atoms with Gasteiger partial charge in [-0.1, -0.05) is 6.92 Å². The molecule has 0 fully saturated rings. The summed E-state index contributed by atoms with van der Waals surface area (Å²) < 4.78 is 13.0. The number of methoxy groups -OCH3 is 2. The summed E-state index contributed by atoms with van der Waals surface area (Å²) >= 11 is 1.71. The van der Waals surface area contributed by atoms with Gasteiger partial charge in [-0.3, -0.25) is 4.40 Å². The molecule has 5 heteroatoms. The highest BCUT2D eigenvalue weighted by Gasteiger charge is 2.17. The number of imidazole rings is 1. The number of benzene rings is 1. The standard InChI is InChI=1S/C15H16N2O2S/c1-4-13-14(17-8-7-16-15(17)20-13)11-9-10(18-2)5-6-12(11)19-3/h5-9H,4H2,1-3H3. The molecule has 0 radical (unpaired) electrons. The van der Waals surface area contributed by atoms with E-state index in [9.17, 15) is 0 Å². The van der Waals surface area contributed by atoms with E-state index >= 15 is 0 Å². The molecule has 0 amide bonds. The zero-order valence-electron chi connectivity index (χ0n) is 11.7. The van der Waals surface area contributed by atoms with Crippen molar-refractivity contribution in [3.8, 4) is 22.8 Å². The molecule has 20 heavy (non-hydrogen) atoms. The number of nitrogens with zero attached hydrogens (tertiary/aromatic N) is 2. The minimum atomic E-state index is 0.822. The summed E-state index contributed by atoms with van der Waals surface area (Å²) in [5.74, 6) is 1.66. The minimum Gasteiger partial charge on any atom is -0.497 e. The molecule has 3 aromatic rings. The number of hydrogen-bond donors (Lipinski definition) is 0. The number of aryl methyl sites for hydroxylation is 1. The van der Waals surface area contributed by atoms with Crippen molar-refractivity contribution in [1.29, 1.82) is 0 Å². The first-order chi connectivity index (χ1) is 9.78. The van der Waals surface area contributed by atoms with Crippen molar-refractivity contribution in [2.75, 3.05) is 14.2 Å². The van der Waals surface area contributed by atoms with Crippen LogP contribution >= 0.6 is 11.3 Å². The van der Waals surface area contributed by atoms with Crippen molar-refractivity contribution >= 4 is 16.3 Å². The van der Waals surface area contributed by atoms with Crippen LogP contribution in [0, 0.1) is 0 Å². The maximum absolute atomic E-state index is 5.51. The third-order valence-electron chi connectivity index (χ3n) is 3.31. The SMILES string of the molecule is CCc1sc2nccn2c1-c1cc(OC)ccc1OC. The monoisotopic (exact) mass is 288 g/mol. The van der Waals surface area contributed by atoms with Crippen LogP contribution in [0.5, 0.6) is 11.5 Å². The van der Waals surface area contributed by atoms with Gasteiger partial charge in [0.2, 0.25) is 0 Å². The molecule has 0 N–H and O–H groups in total. The predicted octanol–water partition coefficient (Wildman–Crippen LogP) is 3.64. The van der Waals surface area contributed by atoms with Gasteiger partial charge in [0, 0.05) is 22.8 Å². The summed E-state index contributed by atoms with van der Waals surface area (Å²) in [6.07, 6.45) is 4.77. The summed E-state index contributed by atoms with van der Waals surface area (Å²) in [6, 6.07) is 5.86. The molecule has 0 aliphatic heterocycles. The fourth-order valence-electron chi connectivity index (χ4n) is 2.35. The molecule has 0 atom stereocenters. The number of aromatic nitrogens is 2. The summed E-state index contributed by atoms with van der Waals surface area (Å²) in [7, 11) is 3.36. The average Bonchev–Trinajstić information content (AvgIpc) is 3.06. The number of hydrogen-bond acceptors (Lipinski definition) is 4. The van der Waals surface area contributed by atoms with E-state index in [0.717, 1.165) is 34.1 Å². The van der Waals surface area contributed by atoms with E-state index in [1.165, 1.54) is 4.88 Å². The molecule has 0 saturated carbocycles. The number of fused-ring (bicyclic) bond motifs is 1. The lowest BCUT2D eigenvalue weighted by molar-refractivity contribution is 0.404. The molecular weight excluding hydrogens is 272 g/mol. The third kappa shape index (κ3) is 1.94. The zero-order chi connectivity index (χ0) is 14.1. The first-order valence-corrected chi connectivity index (χ1v) is 7.27. The van der Waals surface area contributed by atoms with Crippen molar-refractivity contribution in [3.63, 3.8) is 0 Å².